The van der Waals surface area contributed by atoms with Crippen LogP contribution in [-0.2, 0) is 53.5 Å². The van der Waals surface area contributed by atoms with Crippen molar-refractivity contribution < 1.29 is 57.1 Å². The average molecular weight is 813 g/mol. The molecule has 314 valence electrons. The Bertz CT molecular complexity index is 1540. The van der Waals surface area contributed by atoms with Crippen molar-refractivity contribution >= 4 is 43.3 Å². The number of H-pyrrole nitrogens is 1. The maximum Gasteiger partial charge on any atom is 0.472 e. The summed E-state index contributed by atoms with van der Waals surface area (Å²) in [4.78, 5) is 97.2. The molecule has 1 aromatic heterocycles. The summed E-state index contributed by atoms with van der Waals surface area (Å²) in [6, 6.07) is -6.88. The van der Waals surface area contributed by atoms with Crippen LogP contribution < -0.4 is 27.0 Å². The molecule has 4 unspecified atom stereocenters. The summed E-state index contributed by atoms with van der Waals surface area (Å²) in [5.41, 5.74) is 5.85. The van der Waals surface area contributed by atoms with Gasteiger partial charge in [0.1, 0.15) is 30.2 Å². The molecule has 0 bridgehead atoms. The van der Waals surface area contributed by atoms with E-state index in [4.69, 9.17) is 19.5 Å². The van der Waals surface area contributed by atoms with Crippen LogP contribution in [0.3, 0.4) is 0 Å². The standard InChI is InChI=1S/C35H57N8O12P/c1-7-9-10-11-13-54-56(51,52)55-22(5)30(31(36)46)42-34(49)28(19-44)41-33(48)27(15-24-17-37-20-38-24)39-32(47)26(14-21(3)4)40-35(50)29-16-25(53-12-8-2)18-43(29)23(6)45/h7-8,17,20-22,25-30,44H,1-2,9-16,18-19H2,3-6H3,(H2,36,46)(H,37,38)(H,39,47)(H,40,50)(H,41,48)(H,42,49)(H,51,52)/t22?,25?,26-,27-,28?,29-,30-/m0/s1. The summed E-state index contributed by atoms with van der Waals surface area (Å²) in [7, 11) is -4.69. The van der Waals surface area contributed by atoms with Crippen LogP contribution >= 0.6 is 7.82 Å². The smallest absolute Gasteiger partial charge is 0.394 e. The highest BCUT2D eigenvalue weighted by molar-refractivity contribution is 7.47. The molecule has 8 atom stereocenters. The molecule has 20 nitrogen and oxygen atoms in total. The van der Waals surface area contributed by atoms with Gasteiger partial charge in [-0.3, -0.25) is 37.8 Å². The maximum atomic E-state index is 13.8. The SMILES string of the molecule is C=CCCCCOP(=O)(O)OC(C)[C@H](NC(=O)C(CO)NC(=O)[C@H](Cc1cnc[nH]1)NC(=O)[C@H](CC(C)C)NC(=O)[C@@H]1CC(OCC=C)CN1C(C)=O)C(N)=O. The number of aromatic amines is 1. The lowest BCUT2D eigenvalue weighted by Gasteiger charge is -2.28. The van der Waals surface area contributed by atoms with Gasteiger partial charge in [0.25, 0.3) is 0 Å². The number of phosphoric ester groups is 1. The number of unbranched alkanes of at least 4 members (excludes halogenated alkanes) is 2. The number of aliphatic hydroxyl groups is 1. The summed E-state index contributed by atoms with van der Waals surface area (Å²) in [5.74, 6) is -5.02. The predicted octanol–water partition coefficient (Wildman–Crippen LogP) is -0.514. The third kappa shape index (κ3) is 16.0. The van der Waals surface area contributed by atoms with Crippen LogP contribution in [0.15, 0.2) is 37.8 Å². The quantitative estimate of drug-likeness (QED) is 0.0333. The van der Waals surface area contributed by atoms with Gasteiger partial charge >= 0.3 is 7.82 Å². The van der Waals surface area contributed by atoms with Gasteiger partial charge in [0.15, 0.2) is 0 Å². The number of aromatic nitrogens is 2. The van der Waals surface area contributed by atoms with Crippen molar-refractivity contribution in [3.05, 3.63) is 43.5 Å². The van der Waals surface area contributed by atoms with E-state index in [9.17, 15) is 43.3 Å². The molecule has 0 saturated carbocycles. The molecule has 0 spiro atoms. The summed E-state index contributed by atoms with van der Waals surface area (Å²) in [6.45, 7) is 12.7. The number of nitrogens with zero attached hydrogens (tertiary/aromatic N) is 2. The molecule has 1 aliphatic heterocycles. The fourth-order valence-corrected chi connectivity index (χ4v) is 6.76. The van der Waals surface area contributed by atoms with Crippen molar-refractivity contribution in [3.8, 4) is 0 Å². The topological polar surface area (TPSA) is 294 Å². The van der Waals surface area contributed by atoms with Crippen molar-refractivity contribution in [3.63, 3.8) is 0 Å². The number of ether oxygens (including phenoxy) is 1. The van der Waals surface area contributed by atoms with Crippen molar-refractivity contribution in [1.82, 2.24) is 36.1 Å². The Morgan fingerprint density at radius 1 is 1.04 bits per heavy atom. The van der Waals surface area contributed by atoms with Gasteiger partial charge in [-0.2, -0.15) is 0 Å². The highest BCUT2D eigenvalue weighted by Gasteiger charge is 2.41. The van der Waals surface area contributed by atoms with Gasteiger partial charge in [-0.05, 0) is 38.5 Å². The normalized spacial score (nSPS) is 19.1. The summed E-state index contributed by atoms with van der Waals surface area (Å²) in [6.07, 6.45) is 5.96. The lowest BCUT2D eigenvalue weighted by atomic mass is 10.0. The summed E-state index contributed by atoms with van der Waals surface area (Å²) < 4.78 is 28.1. The largest absolute Gasteiger partial charge is 0.472 e. The van der Waals surface area contributed by atoms with E-state index in [1.807, 2.05) is 13.8 Å². The zero-order valence-electron chi connectivity index (χ0n) is 32.3. The molecule has 21 heteroatoms. The number of nitrogens with two attached hydrogens (primary N) is 1. The van der Waals surface area contributed by atoms with Gasteiger partial charge in [-0.25, -0.2) is 9.55 Å². The van der Waals surface area contributed by atoms with Crippen LogP contribution in [0.2, 0.25) is 0 Å². The second kappa shape index (κ2) is 23.6. The van der Waals surface area contributed by atoms with E-state index < -0.39 is 86.4 Å². The van der Waals surface area contributed by atoms with Crippen molar-refractivity contribution in [2.24, 2.45) is 11.7 Å². The van der Waals surface area contributed by atoms with Gasteiger partial charge < -0.3 is 51.6 Å². The zero-order valence-corrected chi connectivity index (χ0v) is 33.2. The molecule has 0 radical (unpaired) electrons. The number of nitrogens with one attached hydrogen (secondary N) is 5. The van der Waals surface area contributed by atoms with Crippen LogP contribution in [0.25, 0.3) is 0 Å². The lowest BCUT2D eigenvalue weighted by Crippen LogP contribution is -2.61. The van der Waals surface area contributed by atoms with Gasteiger partial charge in [-0.15, -0.1) is 13.2 Å². The molecule has 2 rings (SSSR count). The van der Waals surface area contributed by atoms with E-state index in [0.717, 1.165) is 0 Å². The lowest BCUT2D eigenvalue weighted by molar-refractivity contribution is -0.139. The number of primary amides is 1. The van der Waals surface area contributed by atoms with Crippen LogP contribution in [0.5, 0.6) is 0 Å². The minimum absolute atomic E-state index is 0.109. The van der Waals surface area contributed by atoms with Crippen molar-refractivity contribution in [1.29, 1.82) is 0 Å². The highest BCUT2D eigenvalue weighted by atomic mass is 31.2. The van der Waals surface area contributed by atoms with Crippen LogP contribution in [0.4, 0.5) is 0 Å². The minimum atomic E-state index is -4.69. The first kappa shape index (κ1) is 47.7. The van der Waals surface area contributed by atoms with Crippen LogP contribution in [0, 0.1) is 5.92 Å². The fourth-order valence-electron chi connectivity index (χ4n) is 5.80. The molecule has 9 N–H and O–H groups in total. The zero-order chi connectivity index (χ0) is 42.0. The summed E-state index contributed by atoms with van der Waals surface area (Å²) >= 11 is 0. The van der Waals surface area contributed by atoms with Gasteiger partial charge in [-0.1, -0.05) is 26.0 Å². The molecule has 6 amide bonds. The Labute approximate surface area is 326 Å². The van der Waals surface area contributed by atoms with Gasteiger partial charge in [0, 0.05) is 38.2 Å². The van der Waals surface area contributed by atoms with E-state index in [1.165, 1.54) is 31.3 Å². The first-order chi connectivity index (χ1) is 26.4. The third-order valence-electron chi connectivity index (χ3n) is 8.62. The number of aliphatic hydroxyl groups excluding tert-OH is 1. The predicted molar refractivity (Wildman–Crippen MR) is 202 cm³/mol. The van der Waals surface area contributed by atoms with E-state index in [-0.39, 0.29) is 50.8 Å². The molecule has 1 fully saturated rings. The Balaban J connectivity index is 2.21. The van der Waals surface area contributed by atoms with E-state index in [2.05, 4.69) is 44.4 Å². The van der Waals surface area contributed by atoms with Gasteiger partial charge in [0.2, 0.25) is 35.4 Å². The molecule has 1 aliphatic rings. The third-order valence-corrected chi connectivity index (χ3v) is 9.73. The number of phosphoric acid groups is 1. The monoisotopic (exact) mass is 812 g/mol. The van der Waals surface area contributed by atoms with Crippen LogP contribution in [0.1, 0.15) is 65.5 Å². The molecular formula is C35H57N8O12P. The molecule has 2 heterocycles. The van der Waals surface area contributed by atoms with Gasteiger partial charge in [0.05, 0.1) is 38.4 Å². The number of amides is 6. The van der Waals surface area contributed by atoms with E-state index >= 15 is 0 Å². The highest BCUT2D eigenvalue weighted by Crippen LogP contribution is 2.45. The first-order valence-electron chi connectivity index (χ1n) is 18.3. The molecule has 56 heavy (non-hydrogen) atoms. The molecule has 0 aliphatic carbocycles. The fraction of sp³-hybridized carbons (Fsp3) is 0.629. The number of hydrogen-bond donors (Lipinski definition) is 8. The molecule has 1 aromatic rings. The number of allylic oxidation sites excluding steroid dienone is 1. The summed E-state index contributed by atoms with van der Waals surface area (Å²) in [5, 5.41) is 20.0. The Morgan fingerprint density at radius 2 is 1.70 bits per heavy atom. The Hall–Kier alpha value is -4.46. The molecular weight excluding hydrogens is 755 g/mol. The average Bonchev–Trinajstić information content (AvgIpc) is 3.81. The second-order valence-electron chi connectivity index (χ2n) is 13.7. The molecule has 1 saturated heterocycles. The number of carbonyl (C=O) groups is 6. The first-order valence-corrected chi connectivity index (χ1v) is 19.8. The maximum absolute atomic E-state index is 13.8. The van der Waals surface area contributed by atoms with E-state index in [1.54, 1.807) is 12.2 Å². The number of hydrogen-bond acceptors (Lipinski definition) is 12. The Kier molecular flexibility index (Phi) is 20.1. The number of carbonyl (C=O) groups excluding carboxylic acids is 6. The number of rotatable bonds is 26. The second-order valence-corrected chi connectivity index (χ2v) is 15.1. The van der Waals surface area contributed by atoms with Crippen molar-refractivity contribution in [2.75, 3.05) is 26.4 Å². The van der Waals surface area contributed by atoms with Crippen LogP contribution in [-0.4, -0.2) is 129 Å². The van der Waals surface area contributed by atoms with Crippen molar-refractivity contribution in [2.45, 2.75) is 109 Å². The minimum Gasteiger partial charge on any atom is -0.394 e. The number of likely N-dealkylation sites (tertiary alicyclic amines) is 1. The molecule has 0 aromatic carbocycles. The Morgan fingerprint density at radius 3 is 2.27 bits per heavy atom. The van der Waals surface area contributed by atoms with E-state index in [0.29, 0.717) is 25.0 Å². The number of imidazole rings is 1.